The highest BCUT2D eigenvalue weighted by molar-refractivity contribution is 8.00. The molecule has 3 heterocycles. The molecule has 11 nitrogen and oxygen atoms in total. The van der Waals surface area contributed by atoms with Crippen molar-refractivity contribution in [3.05, 3.63) is 27.6 Å². The second-order valence-corrected chi connectivity index (χ2v) is 6.97. The Morgan fingerprint density at radius 1 is 1.44 bits per heavy atom. The van der Waals surface area contributed by atoms with E-state index in [0.29, 0.717) is 10.5 Å². The molecule has 1 aromatic heterocycles. The van der Waals surface area contributed by atoms with Gasteiger partial charge in [0.2, 0.25) is 4.80 Å². The third-order valence-electron chi connectivity index (χ3n) is 3.61. The normalized spacial score (nSPS) is 22.7. The Kier molecular flexibility index (Phi) is 4.26. The van der Waals surface area contributed by atoms with Crippen molar-refractivity contribution in [2.75, 3.05) is 5.75 Å². The molecule has 132 valence electrons. The minimum absolute atomic E-state index is 0.139. The maximum atomic E-state index is 12.3. The number of hydrogen-bond donors (Lipinski definition) is 5. The molecule has 0 radical (unpaired) electrons. The Morgan fingerprint density at radius 2 is 2.16 bits per heavy atom. The van der Waals surface area contributed by atoms with E-state index in [1.807, 2.05) is 0 Å². The Bertz CT molecular complexity index is 887. The number of aromatic nitrogens is 1. The zero-order chi connectivity index (χ0) is 18.3. The fraction of sp³-hybridized carbons (Fsp3) is 0.250. The molecule has 5 N–H and O–H groups in total. The lowest BCUT2D eigenvalue weighted by Crippen LogP contribution is -2.70. The summed E-state index contributed by atoms with van der Waals surface area (Å²) in [6, 6.07) is -0.987. The van der Waals surface area contributed by atoms with Crippen molar-refractivity contribution in [1.82, 2.24) is 14.9 Å². The summed E-state index contributed by atoms with van der Waals surface area (Å²) in [7, 11) is 0. The fourth-order valence-corrected chi connectivity index (χ4v) is 4.27. The summed E-state index contributed by atoms with van der Waals surface area (Å²) in [4.78, 5) is 36.4. The molecule has 2 atom stereocenters. The first-order valence-electron chi connectivity index (χ1n) is 6.72. The Morgan fingerprint density at radius 3 is 2.72 bits per heavy atom. The fourth-order valence-electron chi connectivity index (χ4n) is 2.44. The molecule has 0 spiro atoms. The van der Waals surface area contributed by atoms with Gasteiger partial charge in [-0.25, -0.2) is 4.79 Å². The van der Waals surface area contributed by atoms with Gasteiger partial charge in [-0.05, 0) is 6.08 Å². The lowest BCUT2D eigenvalue weighted by Gasteiger charge is -2.48. The van der Waals surface area contributed by atoms with Crippen LogP contribution in [0.3, 0.4) is 0 Å². The number of β-lactam (4-membered cyclic amide) rings is 1. The lowest BCUT2D eigenvalue weighted by atomic mass is 10.0. The van der Waals surface area contributed by atoms with Crippen molar-refractivity contribution >= 4 is 46.6 Å². The van der Waals surface area contributed by atoms with Gasteiger partial charge in [0.05, 0.1) is 0 Å². The van der Waals surface area contributed by atoms with Gasteiger partial charge in [-0.3, -0.25) is 19.9 Å². The Hall–Kier alpha value is -2.80. The van der Waals surface area contributed by atoms with Crippen LogP contribution in [0.15, 0.2) is 22.3 Å². The van der Waals surface area contributed by atoms with E-state index in [1.54, 1.807) is 0 Å². The zero-order valence-corrected chi connectivity index (χ0v) is 13.9. The van der Waals surface area contributed by atoms with Crippen molar-refractivity contribution in [3.8, 4) is 0 Å². The van der Waals surface area contributed by atoms with Crippen LogP contribution in [0, 0.1) is 5.41 Å². The second kappa shape index (κ2) is 6.25. The van der Waals surface area contributed by atoms with E-state index < -0.39 is 34.9 Å². The number of carboxylic acid groups (broad SMARTS) is 1. The van der Waals surface area contributed by atoms with Crippen LogP contribution < -0.4 is 10.1 Å². The van der Waals surface area contributed by atoms with E-state index in [-0.39, 0.29) is 16.2 Å². The van der Waals surface area contributed by atoms with Gasteiger partial charge in [-0.15, -0.1) is 23.1 Å². The molecule has 1 fully saturated rings. The number of nitrogens with zero attached hydrogens (tertiary/aromatic N) is 3. The average molecular weight is 385 g/mol. The first-order valence-corrected chi connectivity index (χ1v) is 8.65. The SMILES string of the molecule is N=c1scc(C(=NO)C(=O)N[C@@H]2C(=O)N3C(C(=O)O)=CCS[C@@H]23)n1O. The topological polar surface area (TPSA) is 168 Å². The minimum Gasteiger partial charge on any atom is -0.477 e. The first kappa shape index (κ1) is 17.0. The summed E-state index contributed by atoms with van der Waals surface area (Å²) >= 11 is 2.08. The van der Waals surface area contributed by atoms with E-state index >= 15 is 0 Å². The lowest BCUT2D eigenvalue weighted by molar-refractivity contribution is -0.150. The van der Waals surface area contributed by atoms with Crippen molar-refractivity contribution in [2.24, 2.45) is 5.16 Å². The number of amides is 2. The minimum atomic E-state index is -1.23. The number of thiazole rings is 1. The van der Waals surface area contributed by atoms with Crippen LogP contribution in [-0.2, 0) is 14.4 Å². The maximum absolute atomic E-state index is 12.3. The van der Waals surface area contributed by atoms with E-state index in [9.17, 15) is 19.6 Å². The maximum Gasteiger partial charge on any atom is 0.352 e. The smallest absolute Gasteiger partial charge is 0.352 e. The van der Waals surface area contributed by atoms with Crippen LogP contribution in [0.25, 0.3) is 0 Å². The number of thioether (sulfide) groups is 1. The highest BCUT2D eigenvalue weighted by Gasteiger charge is 2.53. The number of hydrogen-bond acceptors (Lipinski definition) is 9. The average Bonchev–Trinajstić information content (AvgIpc) is 2.92. The number of aliphatic carboxylic acids is 1. The van der Waals surface area contributed by atoms with Crippen LogP contribution >= 0.6 is 23.1 Å². The summed E-state index contributed by atoms with van der Waals surface area (Å²) < 4.78 is 0.370. The van der Waals surface area contributed by atoms with Crippen LogP contribution in [0.5, 0.6) is 0 Å². The molecular formula is C12H11N5O6S2. The largest absolute Gasteiger partial charge is 0.477 e. The van der Waals surface area contributed by atoms with E-state index in [2.05, 4.69) is 10.5 Å². The molecule has 0 saturated carbocycles. The molecule has 2 aliphatic rings. The molecule has 1 aromatic rings. The third-order valence-corrected chi connectivity index (χ3v) is 5.53. The summed E-state index contributed by atoms with van der Waals surface area (Å²) in [5.41, 5.74) is -0.917. The van der Waals surface area contributed by atoms with Crippen LogP contribution in [-0.4, -0.2) is 65.8 Å². The van der Waals surface area contributed by atoms with Gasteiger partial charge in [0.1, 0.15) is 22.8 Å². The number of carbonyl (C=O) groups is 3. The molecule has 1 saturated heterocycles. The molecule has 25 heavy (non-hydrogen) atoms. The molecule has 0 aromatic carbocycles. The Balaban J connectivity index is 1.77. The predicted molar refractivity (Wildman–Crippen MR) is 84.4 cm³/mol. The van der Waals surface area contributed by atoms with Crippen molar-refractivity contribution in [3.63, 3.8) is 0 Å². The predicted octanol–water partition coefficient (Wildman–Crippen LogP) is -1.19. The highest BCUT2D eigenvalue weighted by atomic mass is 32.2. The molecule has 2 amide bonds. The summed E-state index contributed by atoms with van der Waals surface area (Å²) in [6.45, 7) is 0. The van der Waals surface area contributed by atoms with Crippen LogP contribution in [0.1, 0.15) is 5.69 Å². The highest BCUT2D eigenvalue weighted by Crippen LogP contribution is 2.37. The molecule has 0 bridgehead atoms. The van der Waals surface area contributed by atoms with Crippen LogP contribution in [0.2, 0.25) is 0 Å². The van der Waals surface area contributed by atoms with Gasteiger partial charge >= 0.3 is 5.97 Å². The number of nitrogens with one attached hydrogen (secondary N) is 2. The number of oxime groups is 1. The number of fused-ring (bicyclic) bond motifs is 1. The van der Waals surface area contributed by atoms with Crippen molar-refractivity contribution in [1.29, 1.82) is 5.41 Å². The van der Waals surface area contributed by atoms with Gasteiger partial charge in [-0.2, -0.15) is 4.73 Å². The van der Waals surface area contributed by atoms with E-state index in [4.69, 9.17) is 15.7 Å². The van der Waals surface area contributed by atoms with Crippen molar-refractivity contribution < 1.29 is 29.9 Å². The van der Waals surface area contributed by atoms with Gasteiger partial charge in [0, 0.05) is 11.1 Å². The molecule has 3 rings (SSSR count). The first-order chi connectivity index (χ1) is 11.9. The molecule has 2 aliphatic heterocycles. The van der Waals surface area contributed by atoms with E-state index in [1.165, 1.54) is 23.2 Å². The summed E-state index contributed by atoms with van der Waals surface area (Å²) in [5.74, 6) is -2.40. The zero-order valence-electron chi connectivity index (χ0n) is 12.2. The molecule has 0 aliphatic carbocycles. The van der Waals surface area contributed by atoms with Gasteiger partial charge < -0.3 is 20.8 Å². The number of carbonyl (C=O) groups excluding carboxylic acids is 2. The van der Waals surface area contributed by atoms with Crippen LogP contribution in [0.4, 0.5) is 0 Å². The summed E-state index contributed by atoms with van der Waals surface area (Å²) in [5, 5.41) is 41.0. The standard InChI is InChI=1S/C12H11N5O6S2/c13-12-17(23)5(3-25-12)6(15-22)8(18)14-7-9(19)16-4(11(20)21)1-2-24-10(7)16/h1,3,7,10,13,22-23H,2H2,(H,14,18)(H,20,21)/t7-,10+/m1/s1. The quantitative estimate of drug-likeness (QED) is 0.143. The second-order valence-electron chi connectivity index (χ2n) is 4.96. The number of rotatable bonds is 4. The molecule has 0 unspecified atom stereocenters. The van der Waals surface area contributed by atoms with Crippen molar-refractivity contribution in [2.45, 2.75) is 11.4 Å². The monoisotopic (exact) mass is 385 g/mol. The summed E-state index contributed by atoms with van der Waals surface area (Å²) in [6.07, 6.45) is 1.41. The third kappa shape index (κ3) is 2.66. The number of carboxylic acids is 1. The Labute approximate surface area is 147 Å². The van der Waals surface area contributed by atoms with Gasteiger partial charge in [-0.1, -0.05) is 5.16 Å². The molecular weight excluding hydrogens is 374 g/mol. The van der Waals surface area contributed by atoms with E-state index in [0.717, 1.165) is 16.2 Å². The van der Waals surface area contributed by atoms with Gasteiger partial charge in [0.25, 0.3) is 11.8 Å². The van der Waals surface area contributed by atoms with Gasteiger partial charge in [0.15, 0.2) is 5.71 Å². The molecule has 13 heteroatoms.